The minimum Gasteiger partial charge on any atom is -0.384 e. The molecule has 0 saturated heterocycles. The second-order valence-electron chi connectivity index (χ2n) is 2.16. The number of nitrogen functional groups attached to an aromatic ring is 1. The lowest BCUT2D eigenvalue weighted by molar-refractivity contribution is 1.20. The van der Waals surface area contributed by atoms with Crippen molar-refractivity contribution in [2.75, 3.05) is 5.73 Å². The van der Waals surface area contributed by atoms with Gasteiger partial charge in [0.15, 0.2) is 0 Å². The maximum atomic E-state index is 5.46. The predicted octanol–water partition coefficient (Wildman–Crippen LogP) is 0.607. The van der Waals surface area contributed by atoms with Crippen molar-refractivity contribution < 1.29 is 0 Å². The van der Waals surface area contributed by atoms with Crippen LogP contribution in [0.1, 0.15) is 0 Å². The van der Waals surface area contributed by atoms with Gasteiger partial charge < -0.3 is 5.73 Å². The molecule has 2 N–H and O–H groups in total. The van der Waals surface area contributed by atoms with E-state index in [1.54, 1.807) is 12.3 Å². The maximum absolute atomic E-state index is 5.46. The van der Waals surface area contributed by atoms with Crippen LogP contribution in [-0.2, 0) is 0 Å². The zero-order chi connectivity index (χ0) is 7.68. The fourth-order valence-corrected chi connectivity index (χ4v) is 0.887. The Morgan fingerprint density at radius 2 is 2.09 bits per heavy atom. The average Bonchev–Trinajstić information content (AvgIpc) is 2.04. The van der Waals surface area contributed by atoms with Gasteiger partial charge in [-0.2, -0.15) is 0 Å². The molecule has 2 aromatic heterocycles. The van der Waals surface area contributed by atoms with Crippen LogP contribution in [0.3, 0.4) is 0 Å². The summed E-state index contributed by atoms with van der Waals surface area (Å²) in [5.74, 6) is 0.493. The third kappa shape index (κ3) is 0.980. The highest BCUT2D eigenvalue weighted by Crippen LogP contribution is 2.07. The van der Waals surface area contributed by atoms with E-state index in [-0.39, 0.29) is 0 Å². The fourth-order valence-electron chi connectivity index (χ4n) is 0.887. The van der Waals surface area contributed by atoms with Gasteiger partial charge in [0.05, 0.1) is 11.7 Å². The van der Waals surface area contributed by atoms with E-state index in [9.17, 15) is 0 Å². The smallest absolute Gasteiger partial charge is 0.124 e. The van der Waals surface area contributed by atoms with E-state index in [1.807, 2.05) is 6.07 Å². The van der Waals surface area contributed by atoms with Crippen LogP contribution in [0.5, 0.6) is 0 Å². The van der Waals surface area contributed by atoms with Crippen LogP contribution in [0.15, 0.2) is 24.7 Å². The monoisotopic (exact) mass is 146 g/mol. The summed E-state index contributed by atoms with van der Waals surface area (Å²) in [6.45, 7) is 0. The number of hydrogen-bond acceptors (Lipinski definition) is 4. The van der Waals surface area contributed by atoms with Crippen LogP contribution in [0, 0.1) is 0 Å². The van der Waals surface area contributed by atoms with Crippen LogP contribution in [0.25, 0.3) is 11.0 Å². The van der Waals surface area contributed by atoms with E-state index in [4.69, 9.17) is 5.73 Å². The molecular formula is C7H6N4. The van der Waals surface area contributed by atoms with E-state index in [0.29, 0.717) is 5.82 Å². The van der Waals surface area contributed by atoms with E-state index in [1.165, 1.54) is 6.33 Å². The van der Waals surface area contributed by atoms with Crippen molar-refractivity contribution in [3.8, 4) is 0 Å². The molecule has 0 aliphatic rings. The van der Waals surface area contributed by atoms with Crippen LogP contribution in [-0.4, -0.2) is 15.0 Å². The molecule has 0 aliphatic carbocycles. The molecule has 0 saturated carbocycles. The summed E-state index contributed by atoms with van der Waals surface area (Å²) in [4.78, 5) is 11.8. The Hall–Kier alpha value is -1.71. The first-order chi connectivity index (χ1) is 5.36. The van der Waals surface area contributed by atoms with Crippen molar-refractivity contribution in [1.82, 2.24) is 15.0 Å². The Morgan fingerprint density at radius 1 is 1.18 bits per heavy atom. The molecule has 2 rings (SSSR count). The third-order valence-electron chi connectivity index (χ3n) is 1.38. The van der Waals surface area contributed by atoms with E-state index >= 15 is 0 Å². The first-order valence-electron chi connectivity index (χ1n) is 3.18. The molecule has 2 aromatic rings. The van der Waals surface area contributed by atoms with Crippen LogP contribution >= 0.6 is 0 Å². The van der Waals surface area contributed by atoms with Gasteiger partial charge in [-0.05, 0) is 12.1 Å². The number of rotatable bonds is 0. The summed E-state index contributed by atoms with van der Waals surface area (Å²) >= 11 is 0. The molecule has 0 aromatic carbocycles. The standard InChI is InChI=1S/C7H6N4/c8-7-2-1-5-6(11-7)3-9-4-10-5/h1-4H,(H2,8,11). The number of nitrogens with two attached hydrogens (primary N) is 1. The van der Waals surface area contributed by atoms with E-state index in [2.05, 4.69) is 15.0 Å². The molecule has 4 heteroatoms. The van der Waals surface area contributed by atoms with Gasteiger partial charge in [-0.15, -0.1) is 0 Å². The largest absolute Gasteiger partial charge is 0.384 e. The van der Waals surface area contributed by atoms with Crippen molar-refractivity contribution in [3.05, 3.63) is 24.7 Å². The Kier molecular flexibility index (Phi) is 1.18. The molecule has 2 heterocycles. The number of fused-ring (bicyclic) bond motifs is 1. The molecule has 0 bridgehead atoms. The molecule has 4 nitrogen and oxygen atoms in total. The quantitative estimate of drug-likeness (QED) is 0.591. The topological polar surface area (TPSA) is 64.7 Å². The molecule has 0 atom stereocenters. The highest BCUT2D eigenvalue weighted by Gasteiger charge is 1.93. The van der Waals surface area contributed by atoms with Gasteiger partial charge in [-0.3, -0.25) is 0 Å². The summed E-state index contributed by atoms with van der Waals surface area (Å²) in [7, 11) is 0. The zero-order valence-electron chi connectivity index (χ0n) is 5.73. The highest BCUT2D eigenvalue weighted by molar-refractivity contribution is 5.74. The number of hydrogen-bond donors (Lipinski definition) is 1. The molecule has 0 amide bonds. The average molecular weight is 146 g/mol. The molecular weight excluding hydrogens is 140 g/mol. The molecule has 11 heavy (non-hydrogen) atoms. The summed E-state index contributed by atoms with van der Waals surface area (Å²) in [6.07, 6.45) is 3.12. The lowest BCUT2D eigenvalue weighted by Crippen LogP contribution is -1.91. The number of anilines is 1. The normalized spacial score (nSPS) is 10.2. The van der Waals surface area contributed by atoms with Crippen molar-refractivity contribution in [2.45, 2.75) is 0 Å². The molecule has 0 spiro atoms. The van der Waals surface area contributed by atoms with Crippen molar-refractivity contribution in [2.24, 2.45) is 0 Å². The number of aromatic nitrogens is 3. The van der Waals surface area contributed by atoms with E-state index < -0.39 is 0 Å². The number of pyridine rings is 1. The van der Waals surface area contributed by atoms with Crippen molar-refractivity contribution >= 4 is 16.9 Å². The van der Waals surface area contributed by atoms with Crippen LogP contribution < -0.4 is 5.73 Å². The number of nitrogens with zero attached hydrogens (tertiary/aromatic N) is 3. The van der Waals surface area contributed by atoms with Crippen LogP contribution in [0.4, 0.5) is 5.82 Å². The van der Waals surface area contributed by atoms with Gasteiger partial charge in [-0.25, -0.2) is 15.0 Å². The fraction of sp³-hybridized carbons (Fsp3) is 0. The van der Waals surface area contributed by atoms with Gasteiger partial charge in [0, 0.05) is 0 Å². The van der Waals surface area contributed by atoms with Gasteiger partial charge in [0.1, 0.15) is 17.7 Å². The molecule has 0 fully saturated rings. The van der Waals surface area contributed by atoms with Crippen LogP contribution in [0.2, 0.25) is 0 Å². The molecule has 54 valence electrons. The first-order valence-corrected chi connectivity index (χ1v) is 3.18. The summed E-state index contributed by atoms with van der Waals surface area (Å²) in [5, 5.41) is 0. The Bertz CT molecular complexity index is 385. The molecule has 0 unspecified atom stereocenters. The van der Waals surface area contributed by atoms with Crippen molar-refractivity contribution in [3.63, 3.8) is 0 Å². The highest BCUT2D eigenvalue weighted by atomic mass is 14.9. The molecule has 0 aliphatic heterocycles. The minimum absolute atomic E-state index is 0.493. The summed E-state index contributed by atoms with van der Waals surface area (Å²) in [5.41, 5.74) is 7.00. The van der Waals surface area contributed by atoms with Gasteiger partial charge in [0.2, 0.25) is 0 Å². The Morgan fingerprint density at radius 3 is 3.00 bits per heavy atom. The van der Waals surface area contributed by atoms with E-state index in [0.717, 1.165) is 11.0 Å². The summed E-state index contributed by atoms with van der Waals surface area (Å²) in [6, 6.07) is 3.54. The van der Waals surface area contributed by atoms with Crippen molar-refractivity contribution in [1.29, 1.82) is 0 Å². The second kappa shape index (κ2) is 2.16. The van der Waals surface area contributed by atoms with Gasteiger partial charge in [-0.1, -0.05) is 0 Å². The van der Waals surface area contributed by atoms with Gasteiger partial charge >= 0.3 is 0 Å². The zero-order valence-corrected chi connectivity index (χ0v) is 5.73. The Labute approximate surface area is 63.1 Å². The summed E-state index contributed by atoms with van der Waals surface area (Å²) < 4.78 is 0. The first kappa shape index (κ1) is 6.03. The lowest BCUT2D eigenvalue weighted by atomic mass is 10.3. The minimum atomic E-state index is 0.493. The SMILES string of the molecule is Nc1ccc2ncncc2n1. The second-order valence-corrected chi connectivity index (χ2v) is 2.16. The predicted molar refractivity (Wildman–Crippen MR) is 41.7 cm³/mol. The Balaban J connectivity index is 2.83. The third-order valence-corrected chi connectivity index (χ3v) is 1.38. The maximum Gasteiger partial charge on any atom is 0.124 e. The van der Waals surface area contributed by atoms with Gasteiger partial charge in [0.25, 0.3) is 0 Å². The molecule has 0 radical (unpaired) electrons. The lowest BCUT2D eigenvalue weighted by Gasteiger charge is -1.94.